The first-order valence-corrected chi connectivity index (χ1v) is 8.37. The Kier molecular flexibility index (Phi) is 4.33. The number of aromatic amines is 1. The molecule has 0 aliphatic carbocycles. The Balaban J connectivity index is 2.04. The quantitative estimate of drug-likeness (QED) is 0.547. The van der Waals surface area contributed by atoms with Crippen LogP contribution in [0.25, 0.3) is 11.2 Å². The van der Waals surface area contributed by atoms with Crippen LogP contribution in [0.2, 0.25) is 0 Å². The van der Waals surface area contributed by atoms with Gasteiger partial charge in [-0.2, -0.15) is 0 Å². The highest BCUT2D eigenvalue weighted by Crippen LogP contribution is 2.21. The minimum Gasteiger partial charge on any atom is -0.382 e. The number of hydrogen-bond acceptors (Lipinski definition) is 6. The third-order valence-electron chi connectivity index (χ3n) is 3.38. The van der Waals surface area contributed by atoms with Gasteiger partial charge in [0.15, 0.2) is 16.6 Å². The highest BCUT2D eigenvalue weighted by molar-refractivity contribution is 7.99. The lowest BCUT2D eigenvalue weighted by molar-refractivity contribution is 0.767. The van der Waals surface area contributed by atoms with Crippen LogP contribution in [0.5, 0.6) is 0 Å². The Morgan fingerprint density at radius 2 is 2.17 bits per heavy atom. The van der Waals surface area contributed by atoms with Crippen LogP contribution in [0.4, 0.5) is 5.82 Å². The van der Waals surface area contributed by atoms with Gasteiger partial charge in [0.25, 0.3) is 0 Å². The zero-order valence-electron chi connectivity index (χ0n) is 13.0. The van der Waals surface area contributed by atoms with Crippen LogP contribution in [0.1, 0.15) is 24.6 Å². The maximum absolute atomic E-state index is 12.2. The Labute approximate surface area is 137 Å². The predicted octanol–water partition coefficient (Wildman–Crippen LogP) is 1.96. The van der Waals surface area contributed by atoms with Gasteiger partial charge in [0.2, 0.25) is 0 Å². The number of imidazole rings is 1. The number of nitrogens with two attached hydrogens (primary N) is 1. The van der Waals surface area contributed by atoms with Crippen LogP contribution >= 0.6 is 11.8 Å². The van der Waals surface area contributed by atoms with Crippen molar-refractivity contribution in [1.29, 1.82) is 0 Å². The highest BCUT2D eigenvalue weighted by atomic mass is 32.2. The van der Waals surface area contributed by atoms with Crippen LogP contribution in [-0.2, 0) is 6.54 Å². The van der Waals surface area contributed by atoms with E-state index in [1.807, 2.05) is 19.1 Å². The predicted molar refractivity (Wildman–Crippen MR) is 91.7 cm³/mol. The van der Waals surface area contributed by atoms with Gasteiger partial charge in [0, 0.05) is 17.6 Å². The van der Waals surface area contributed by atoms with E-state index in [-0.39, 0.29) is 5.69 Å². The molecule has 0 aromatic carbocycles. The molecule has 3 heterocycles. The molecule has 0 bridgehead atoms. The average Bonchev–Trinajstić information content (AvgIpc) is 2.84. The molecule has 0 spiro atoms. The first-order chi connectivity index (χ1) is 11.1. The van der Waals surface area contributed by atoms with Gasteiger partial charge in [-0.25, -0.2) is 14.8 Å². The lowest BCUT2D eigenvalue weighted by atomic mass is 10.2. The van der Waals surface area contributed by atoms with Crippen molar-refractivity contribution in [3.63, 3.8) is 0 Å². The van der Waals surface area contributed by atoms with Crippen LogP contribution < -0.4 is 11.4 Å². The zero-order valence-corrected chi connectivity index (χ0v) is 13.9. The fourth-order valence-corrected chi connectivity index (χ4v) is 2.91. The third-order valence-corrected chi connectivity index (χ3v) is 4.43. The molecule has 0 radical (unpaired) electrons. The number of pyridine rings is 1. The van der Waals surface area contributed by atoms with Crippen molar-refractivity contribution >= 4 is 28.7 Å². The molecule has 3 N–H and O–H groups in total. The van der Waals surface area contributed by atoms with E-state index < -0.39 is 0 Å². The van der Waals surface area contributed by atoms with Gasteiger partial charge < -0.3 is 10.7 Å². The fourth-order valence-electron chi connectivity index (χ4n) is 2.21. The molecule has 0 aliphatic heterocycles. The summed E-state index contributed by atoms with van der Waals surface area (Å²) in [5.74, 6) is 1.20. The van der Waals surface area contributed by atoms with E-state index in [4.69, 9.17) is 5.73 Å². The number of rotatable bonds is 5. The second-order valence-corrected chi connectivity index (χ2v) is 6.32. The molecule has 8 heteroatoms. The molecule has 0 saturated carbocycles. The largest absolute Gasteiger partial charge is 0.382 e. The first-order valence-electron chi connectivity index (χ1n) is 7.39. The SMILES string of the molecule is CCCSc1nc(N)c2[nH]c(=O)n(Cc3ccc(C)nc3)c2n1. The average molecular weight is 330 g/mol. The molecule has 23 heavy (non-hydrogen) atoms. The molecule has 3 aromatic heterocycles. The van der Waals surface area contributed by atoms with Gasteiger partial charge in [-0.15, -0.1) is 0 Å². The summed E-state index contributed by atoms with van der Waals surface area (Å²) in [6.07, 6.45) is 2.78. The summed E-state index contributed by atoms with van der Waals surface area (Å²) in [4.78, 5) is 28.0. The van der Waals surface area contributed by atoms with Crippen molar-refractivity contribution in [3.05, 3.63) is 40.1 Å². The number of aryl methyl sites for hydroxylation is 1. The smallest absolute Gasteiger partial charge is 0.328 e. The van der Waals surface area contributed by atoms with Gasteiger partial charge in [-0.05, 0) is 25.0 Å². The zero-order chi connectivity index (χ0) is 16.4. The number of anilines is 1. The molecule has 7 nitrogen and oxygen atoms in total. The molecule has 0 atom stereocenters. The number of H-pyrrole nitrogens is 1. The Morgan fingerprint density at radius 3 is 2.87 bits per heavy atom. The molecule has 3 rings (SSSR count). The normalized spacial score (nSPS) is 11.2. The monoisotopic (exact) mass is 330 g/mol. The summed E-state index contributed by atoms with van der Waals surface area (Å²) in [5, 5.41) is 0.589. The Hall–Kier alpha value is -2.35. The van der Waals surface area contributed by atoms with E-state index in [1.54, 1.807) is 10.8 Å². The molecule has 120 valence electrons. The molecule has 0 saturated heterocycles. The number of aromatic nitrogens is 5. The summed E-state index contributed by atoms with van der Waals surface area (Å²) in [5.41, 5.74) is 8.59. The lowest BCUT2D eigenvalue weighted by Crippen LogP contribution is -2.18. The Morgan fingerprint density at radius 1 is 1.35 bits per heavy atom. The van der Waals surface area contributed by atoms with Crippen molar-refractivity contribution in [3.8, 4) is 0 Å². The van der Waals surface area contributed by atoms with E-state index in [1.165, 1.54) is 11.8 Å². The van der Waals surface area contributed by atoms with E-state index in [2.05, 4.69) is 26.9 Å². The third kappa shape index (κ3) is 3.21. The highest BCUT2D eigenvalue weighted by Gasteiger charge is 2.14. The molecule has 0 amide bonds. The molecular formula is C15H18N6OS. The maximum Gasteiger partial charge on any atom is 0.328 e. The van der Waals surface area contributed by atoms with Gasteiger partial charge in [0.1, 0.15) is 5.52 Å². The van der Waals surface area contributed by atoms with E-state index >= 15 is 0 Å². The fraction of sp³-hybridized carbons (Fsp3) is 0.333. The number of thioether (sulfide) groups is 1. The van der Waals surface area contributed by atoms with E-state index in [9.17, 15) is 4.79 Å². The summed E-state index contributed by atoms with van der Waals surface area (Å²) < 4.78 is 1.57. The summed E-state index contributed by atoms with van der Waals surface area (Å²) in [6, 6.07) is 3.87. The standard InChI is InChI=1S/C15H18N6OS/c1-3-6-23-14-19-12(16)11-13(20-14)21(15(22)18-11)8-10-5-4-9(2)17-7-10/h4-5,7H,3,6,8H2,1-2H3,(H,18,22)(H2,16,19,20). The van der Waals surface area contributed by atoms with Gasteiger partial charge in [-0.1, -0.05) is 24.8 Å². The van der Waals surface area contributed by atoms with Crippen molar-refractivity contribution in [2.45, 2.75) is 32.0 Å². The molecule has 0 unspecified atom stereocenters. The number of hydrogen-bond donors (Lipinski definition) is 2. The van der Waals surface area contributed by atoms with Crippen molar-refractivity contribution in [1.82, 2.24) is 24.5 Å². The first kappa shape index (κ1) is 15.5. The molecule has 3 aromatic rings. The number of nitrogens with zero attached hydrogens (tertiary/aromatic N) is 4. The van der Waals surface area contributed by atoms with Crippen molar-refractivity contribution < 1.29 is 0 Å². The van der Waals surface area contributed by atoms with Crippen LogP contribution in [-0.4, -0.2) is 30.3 Å². The Bertz CT molecular complexity index is 883. The summed E-state index contributed by atoms with van der Waals surface area (Å²) >= 11 is 1.53. The van der Waals surface area contributed by atoms with Gasteiger partial charge in [-0.3, -0.25) is 9.55 Å². The van der Waals surface area contributed by atoms with Crippen LogP contribution in [0.3, 0.4) is 0 Å². The van der Waals surface area contributed by atoms with Gasteiger partial charge >= 0.3 is 5.69 Å². The van der Waals surface area contributed by atoms with Crippen LogP contribution in [0.15, 0.2) is 28.3 Å². The maximum atomic E-state index is 12.2. The van der Waals surface area contributed by atoms with Gasteiger partial charge in [0.05, 0.1) is 6.54 Å². The number of nitrogen functional groups attached to an aromatic ring is 1. The van der Waals surface area contributed by atoms with Crippen molar-refractivity contribution in [2.24, 2.45) is 0 Å². The number of nitrogens with one attached hydrogen (secondary N) is 1. The lowest BCUT2D eigenvalue weighted by Gasteiger charge is -2.05. The molecule has 0 aliphatic rings. The second-order valence-electron chi connectivity index (χ2n) is 5.26. The topological polar surface area (TPSA) is 102 Å². The molecule has 0 fully saturated rings. The van der Waals surface area contributed by atoms with Crippen LogP contribution in [0, 0.1) is 6.92 Å². The number of fused-ring (bicyclic) bond motifs is 1. The molecular weight excluding hydrogens is 312 g/mol. The second kappa shape index (κ2) is 6.41. The minimum absolute atomic E-state index is 0.251. The van der Waals surface area contributed by atoms with E-state index in [0.717, 1.165) is 23.4 Å². The summed E-state index contributed by atoms with van der Waals surface area (Å²) in [6.45, 7) is 4.40. The van der Waals surface area contributed by atoms with Crippen molar-refractivity contribution in [2.75, 3.05) is 11.5 Å². The summed E-state index contributed by atoms with van der Waals surface area (Å²) in [7, 11) is 0. The van der Waals surface area contributed by atoms with E-state index in [0.29, 0.717) is 28.7 Å². The minimum atomic E-state index is -0.251.